The fourth-order valence-corrected chi connectivity index (χ4v) is 7.00. The van der Waals surface area contributed by atoms with E-state index in [1.165, 1.54) is 22.1 Å². The highest BCUT2D eigenvalue weighted by Crippen LogP contribution is 2.44. The van der Waals surface area contributed by atoms with E-state index < -0.39 is 0 Å². The van der Waals surface area contributed by atoms with Crippen molar-refractivity contribution in [2.75, 3.05) is 4.90 Å². The van der Waals surface area contributed by atoms with E-state index in [1.807, 2.05) is 18.2 Å². The van der Waals surface area contributed by atoms with Crippen molar-refractivity contribution in [3.05, 3.63) is 163 Å². The zero-order valence-corrected chi connectivity index (χ0v) is 25.5. The Morgan fingerprint density at radius 1 is 0.500 bits per heavy atom. The summed E-state index contributed by atoms with van der Waals surface area (Å²) in [6.07, 6.45) is 3.32. The first-order valence-corrected chi connectivity index (χ1v) is 15.9. The Morgan fingerprint density at radius 3 is 1.96 bits per heavy atom. The first kappa shape index (κ1) is 26.6. The Hall–Kier alpha value is -5.80. The number of para-hydroxylation sites is 2. The van der Waals surface area contributed by atoms with Crippen LogP contribution in [-0.4, -0.2) is 0 Å². The van der Waals surface area contributed by atoms with Crippen LogP contribution in [-0.2, 0) is 6.42 Å². The number of nitrogens with zero attached hydrogens (tertiary/aromatic N) is 1. The number of benzene rings is 6. The molecule has 1 aliphatic rings. The lowest BCUT2D eigenvalue weighted by Gasteiger charge is -2.31. The molecule has 6 aromatic carbocycles. The number of anilines is 2. The van der Waals surface area contributed by atoms with E-state index >= 15 is 0 Å². The van der Waals surface area contributed by atoms with Gasteiger partial charge in [-0.3, -0.25) is 0 Å². The number of furan rings is 2. The molecule has 0 radical (unpaired) electrons. The summed E-state index contributed by atoms with van der Waals surface area (Å²) >= 11 is 0. The van der Waals surface area contributed by atoms with Gasteiger partial charge in [0.05, 0.1) is 5.70 Å². The Morgan fingerprint density at radius 2 is 1.13 bits per heavy atom. The van der Waals surface area contributed by atoms with Gasteiger partial charge >= 0.3 is 0 Å². The molecule has 8 aromatic rings. The van der Waals surface area contributed by atoms with Crippen LogP contribution in [0.15, 0.2) is 161 Å². The average Bonchev–Trinajstić information content (AvgIpc) is 3.67. The normalized spacial score (nSPS) is 14.5. The van der Waals surface area contributed by atoms with Gasteiger partial charge < -0.3 is 13.7 Å². The van der Waals surface area contributed by atoms with Gasteiger partial charge in [0.15, 0.2) is 5.76 Å². The van der Waals surface area contributed by atoms with E-state index in [2.05, 4.69) is 145 Å². The maximum Gasteiger partial charge on any atom is 0.155 e. The van der Waals surface area contributed by atoms with E-state index in [0.717, 1.165) is 67.9 Å². The van der Waals surface area contributed by atoms with Crippen molar-refractivity contribution in [1.82, 2.24) is 0 Å². The zero-order valence-electron chi connectivity index (χ0n) is 25.5. The number of hydrogen-bond acceptors (Lipinski definition) is 3. The molecule has 2 heterocycles. The fourth-order valence-electron chi connectivity index (χ4n) is 7.00. The summed E-state index contributed by atoms with van der Waals surface area (Å²) in [7, 11) is 0. The van der Waals surface area contributed by atoms with Crippen LogP contribution in [0.4, 0.5) is 11.4 Å². The van der Waals surface area contributed by atoms with Gasteiger partial charge in [0, 0.05) is 33.1 Å². The summed E-state index contributed by atoms with van der Waals surface area (Å²) in [4.78, 5) is 2.36. The molecule has 1 unspecified atom stereocenters. The van der Waals surface area contributed by atoms with Crippen molar-refractivity contribution in [3.63, 3.8) is 0 Å². The molecule has 3 heteroatoms. The molecule has 0 amide bonds. The second kappa shape index (κ2) is 10.7. The minimum absolute atomic E-state index is 0.356. The maximum absolute atomic E-state index is 6.64. The number of rotatable bonds is 5. The highest BCUT2D eigenvalue weighted by molar-refractivity contribution is 6.06. The molecule has 2 aromatic heterocycles. The zero-order chi connectivity index (χ0) is 30.6. The Labute approximate surface area is 267 Å². The monoisotopic (exact) mass is 593 g/mol. The van der Waals surface area contributed by atoms with Crippen molar-refractivity contribution in [3.8, 4) is 22.3 Å². The Kier molecular flexibility index (Phi) is 6.17. The first-order chi connectivity index (χ1) is 22.7. The van der Waals surface area contributed by atoms with Crippen molar-refractivity contribution in [2.24, 2.45) is 5.92 Å². The first-order valence-electron chi connectivity index (χ1n) is 15.9. The van der Waals surface area contributed by atoms with Gasteiger partial charge in [-0.1, -0.05) is 110 Å². The van der Waals surface area contributed by atoms with Crippen molar-refractivity contribution >= 4 is 50.0 Å². The average molecular weight is 594 g/mol. The number of fused-ring (bicyclic) bond motifs is 6. The fraction of sp³-hybridized carbons (Fsp3) is 0.0698. The van der Waals surface area contributed by atoms with E-state index in [1.54, 1.807) is 0 Å². The summed E-state index contributed by atoms with van der Waals surface area (Å²) in [6, 6.07) is 51.4. The van der Waals surface area contributed by atoms with Gasteiger partial charge in [-0.2, -0.15) is 0 Å². The van der Waals surface area contributed by atoms with E-state index in [-0.39, 0.29) is 0 Å². The quantitative estimate of drug-likeness (QED) is 0.199. The maximum atomic E-state index is 6.64. The van der Waals surface area contributed by atoms with Crippen LogP contribution < -0.4 is 4.90 Å². The highest BCUT2D eigenvalue weighted by atomic mass is 16.3. The summed E-state index contributed by atoms with van der Waals surface area (Å²) < 4.78 is 12.8. The lowest BCUT2D eigenvalue weighted by Crippen LogP contribution is -2.20. The molecular weight excluding hydrogens is 562 g/mol. The van der Waals surface area contributed by atoms with Gasteiger partial charge in [0.2, 0.25) is 0 Å². The third-order valence-electron chi connectivity index (χ3n) is 9.19. The van der Waals surface area contributed by atoms with Crippen LogP contribution in [0.1, 0.15) is 18.2 Å². The van der Waals surface area contributed by atoms with Crippen molar-refractivity contribution in [2.45, 2.75) is 13.3 Å². The van der Waals surface area contributed by atoms with Gasteiger partial charge in [-0.15, -0.1) is 0 Å². The molecule has 1 aliphatic carbocycles. The van der Waals surface area contributed by atoms with E-state index in [9.17, 15) is 0 Å². The van der Waals surface area contributed by atoms with Gasteiger partial charge in [-0.05, 0) is 83.1 Å². The molecule has 0 fully saturated rings. The molecule has 0 saturated carbocycles. The Balaban J connectivity index is 1.21. The molecule has 0 saturated heterocycles. The second-order valence-electron chi connectivity index (χ2n) is 12.2. The standard InChI is InChI=1S/C43H31NO2/c1-28-24-38-36-15-6-8-17-41(36)46-43(38)39(25-28)44(33-21-18-30(19-22-33)29-10-3-2-4-11-29)34-13-9-12-31(26-34)32-20-23-42-37(27-32)35-14-5-7-16-40(35)45-42/h2-23,25-28H,24H2,1H3. The molecule has 0 N–H and O–H groups in total. The largest absolute Gasteiger partial charge is 0.456 e. The predicted molar refractivity (Wildman–Crippen MR) is 190 cm³/mol. The molecule has 1 atom stereocenters. The summed E-state index contributed by atoms with van der Waals surface area (Å²) in [5.74, 6) is 1.30. The summed E-state index contributed by atoms with van der Waals surface area (Å²) in [5, 5.41) is 3.46. The lowest BCUT2D eigenvalue weighted by atomic mass is 9.90. The van der Waals surface area contributed by atoms with Gasteiger partial charge in [-0.25, -0.2) is 0 Å². The van der Waals surface area contributed by atoms with Crippen LogP contribution >= 0.6 is 0 Å². The Bertz CT molecular complexity index is 2410. The topological polar surface area (TPSA) is 29.5 Å². The lowest BCUT2D eigenvalue weighted by molar-refractivity contribution is 0.575. The number of hydrogen-bond donors (Lipinski definition) is 0. The molecule has 0 aliphatic heterocycles. The third-order valence-corrected chi connectivity index (χ3v) is 9.19. The van der Waals surface area contributed by atoms with E-state index in [0.29, 0.717) is 5.92 Å². The van der Waals surface area contributed by atoms with Gasteiger partial charge in [0.1, 0.15) is 16.7 Å². The minimum atomic E-state index is 0.356. The van der Waals surface area contributed by atoms with Crippen LogP contribution in [0.5, 0.6) is 0 Å². The smallest absolute Gasteiger partial charge is 0.155 e. The third kappa shape index (κ3) is 4.43. The molecule has 3 nitrogen and oxygen atoms in total. The van der Waals surface area contributed by atoms with Crippen LogP contribution in [0.25, 0.3) is 60.9 Å². The van der Waals surface area contributed by atoms with Crippen LogP contribution in [0.2, 0.25) is 0 Å². The van der Waals surface area contributed by atoms with Crippen LogP contribution in [0.3, 0.4) is 0 Å². The van der Waals surface area contributed by atoms with Crippen molar-refractivity contribution in [1.29, 1.82) is 0 Å². The van der Waals surface area contributed by atoms with Gasteiger partial charge in [0.25, 0.3) is 0 Å². The number of allylic oxidation sites excluding steroid dienone is 1. The highest BCUT2D eigenvalue weighted by Gasteiger charge is 2.29. The molecule has 220 valence electrons. The second-order valence-corrected chi connectivity index (χ2v) is 12.2. The SMILES string of the molecule is CC1C=C(N(c2ccc(-c3ccccc3)cc2)c2cccc(-c3ccc4oc5ccccc5c4c3)c2)c2oc3ccccc3c2C1. The molecule has 46 heavy (non-hydrogen) atoms. The molecule has 0 bridgehead atoms. The molecule has 0 spiro atoms. The predicted octanol–water partition coefficient (Wildman–Crippen LogP) is 12.0. The molecular formula is C43H31NO2. The summed E-state index contributed by atoms with van der Waals surface area (Å²) in [5.41, 5.74) is 11.9. The molecule has 9 rings (SSSR count). The van der Waals surface area contributed by atoms with Crippen molar-refractivity contribution < 1.29 is 8.83 Å². The van der Waals surface area contributed by atoms with Crippen LogP contribution in [0, 0.1) is 5.92 Å². The minimum Gasteiger partial charge on any atom is -0.456 e. The van der Waals surface area contributed by atoms with E-state index in [4.69, 9.17) is 8.83 Å². The summed E-state index contributed by atoms with van der Waals surface area (Å²) in [6.45, 7) is 2.29.